The maximum Gasteiger partial charge on any atom is 0.246 e. The topological polar surface area (TPSA) is 43.9 Å². The van der Waals surface area contributed by atoms with E-state index in [1.165, 1.54) is 12.5 Å². The first-order chi connectivity index (χ1) is 10.5. The predicted molar refractivity (Wildman–Crippen MR) is 87.9 cm³/mol. The zero-order valence-corrected chi connectivity index (χ0v) is 13.7. The Bertz CT molecular complexity index is 542. The van der Waals surface area contributed by atoms with Crippen LogP contribution in [0.25, 0.3) is 0 Å². The monoisotopic (exact) mass is 303 g/mol. The number of carbonyl (C=O) groups is 2. The van der Waals surface area contributed by atoms with E-state index in [0.29, 0.717) is 6.54 Å². The number of rotatable bonds is 5. The Hall–Kier alpha value is -1.88. The average Bonchev–Trinajstić information content (AvgIpc) is 2.50. The van der Waals surface area contributed by atoms with E-state index in [1.807, 2.05) is 42.1 Å². The molecule has 0 aliphatic carbocycles. The van der Waals surface area contributed by atoms with Crippen molar-refractivity contribution >= 4 is 17.5 Å². The van der Waals surface area contributed by atoms with Gasteiger partial charge in [-0.3, -0.25) is 9.59 Å². The standard InChI is InChI=1S/C17H25N3O2/c1-14(21)19(12-11-18(2)3)13-17(22)20-10-6-8-15-7-4-5-9-16(15)20/h4-5,7,9H,6,8,10-13H2,1-3H3. The Morgan fingerprint density at radius 1 is 1.18 bits per heavy atom. The van der Waals surface area contributed by atoms with Gasteiger partial charge in [-0.25, -0.2) is 0 Å². The summed E-state index contributed by atoms with van der Waals surface area (Å²) < 4.78 is 0. The van der Waals surface area contributed by atoms with Gasteiger partial charge in [-0.15, -0.1) is 0 Å². The largest absolute Gasteiger partial charge is 0.332 e. The third-order valence-corrected chi connectivity index (χ3v) is 4.00. The summed E-state index contributed by atoms with van der Waals surface area (Å²) in [4.78, 5) is 29.9. The van der Waals surface area contributed by atoms with Crippen LogP contribution in [-0.4, -0.2) is 61.9 Å². The van der Waals surface area contributed by atoms with Gasteiger partial charge >= 0.3 is 0 Å². The second-order valence-corrected chi connectivity index (χ2v) is 6.02. The maximum absolute atomic E-state index is 12.6. The normalized spacial score (nSPS) is 13.9. The first-order valence-electron chi connectivity index (χ1n) is 7.77. The molecule has 1 aliphatic rings. The summed E-state index contributed by atoms with van der Waals surface area (Å²) in [6, 6.07) is 8.03. The fraction of sp³-hybridized carbons (Fsp3) is 0.529. The minimum Gasteiger partial charge on any atom is -0.332 e. The summed E-state index contributed by atoms with van der Waals surface area (Å²) in [6.07, 6.45) is 1.98. The summed E-state index contributed by atoms with van der Waals surface area (Å²) in [5, 5.41) is 0. The molecule has 0 N–H and O–H groups in total. The van der Waals surface area contributed by atoms with Crippen molar-refractivity contribution in [1.29, 1.82) is 0 Å². The van der Waals surface area contributed by atoms with Gasteiger partial charge in [-0.05, 0) is 38.6 Å². The quantitative estimate of drug-likeness (QED) is 0.825. The molecule has 0 aromatic heterocycles. The molecule has 1 heterocycles. The van der Waals surface area contributed by atoms with Crippen molar-refractivity contribution in [2.45, 2.75) is 19.8 Å². The molecule has 1 aliphatic heterocycles. The van der Waals surface area contributed by atoms with Crippen LogP contribution in [0.15, 0.2) is 24.3 Å². The number of nitrogens with zero attached hydrogens (tertiary/aromatic N) is 3. The van der Waals surface area contributed by atoms with Gasteiger partial charge in [-0.2, -0.15) is 0 Å². The fourth-order valence-corrected chi connectivity index (χ4v) is 2.71. The van der Waals surface area contributed by atoms with E-state index in [-0.39, 0.29) is 18.4 Å². The number of aryl methyl sites for hydroxylation is 1. The molecule has 0 atom stereocenters. The lowest BCUT2D eigenvalue weighted by Gasteiger charge is -2.31. The number of amides is 2. The van der Waals surface area contributed by atoms with Crippen LogP contribution >= 0.6 is 0 Å². The minimum absolute atomic E-state index is 0.00102. The van der Waals surface area contributed by atoms with Crippen LogP contribution in [0.5, 0.6) is 0 Å². The highest BCUT2D eigenvalue weighted by molar-refractivity contribution is 5.97. The lowest BCUT2D eigenvalue weighted by atomic mass is 10.0. The van der Waals surface area contributed by atoms with E-state index in [0.717, 1.165) is 31.6 Å². The van der Waals surface area contributed by atoms with E-state index in [1.54, 1.807) is 4.90 Å². The van der Waals surface area contributed by atoms with Crippen LogP contribution < -0.4 is 4.90 Å². The zero-order chi connectivity index (χ0) is 16.1. The third kappa shape index (κ3) is 4.07. The van der Waals surface area contributed by atoms with Crippen LogP contribution in [0.3, 0.4) is 0 Å². The highest BCUT2D eigenvalue weighted by Gasteiger charge is 2.24. The van der Waals surface area contributed by atoms with Gasteiger partial charge in [0, 0.05) is 32.2 Å². The van der Waals surface area contributed by atoms with Gasteiger partial charge in [-0.1, -0.05) is 18.2 Å². The summed E-state index contributed by atoms with van der Waals surface area (Å²) in [7, 11) is 3.92. The molecule has 0 saturated carbocycles. The molecule has 0 bridgehead atoms. The van der Waals surface area contributed by atoms with Gasteiger partial charge in [0.05, 0.1) is 0 Å². The van der Waals surface area contributed by atoms with Crippen molar-refractivity contribution in [3.05, 3.63) is 29.8 Å². The Morgan fingerprint density at radius 2 is 1.91 bits per heavy atom. The van der Waals surface area contributed by atoms with E-state index < -0.39 is 0 Å². The molecule has 2 rings (SSSR count). The highest BCUT2D eigenvalue weighted by Crippen LogP contribution is 2.26. The fourth-order valence-electron chi connectivity index (χ4n) is 2.71. The van der Waals surface area contributed by atoms with Gasteiger partial charge in [0.2, 0.25) is 11.8 Å². The van der Waals surface area contributed by atoms with Crippen molar-refractivity contribution in [2.24, 2.45) is 0 Å². The predicted octanol–water partition coefficient (Wildman–Crippen LogP) is 1.38. The summed E-state index contributed by atoms with van der Waals surface area (Å²) in [5.74, 6) is -0.0541. The van der Waals surface area contributed by atoms with Gasteiger partial charge in [0.25, 0.3) is 0 Å². The second kappa shape index (κ2) is 7.40. The SMILES string of the molecule is CC(=O)N(CCN(C)C)CC(=O)N1CCCc2ccccc21. The Morgan fingerprint density at radius 3 is 2.59 bits per heavy atom. The average molecular weight is 303 g/mol. The minimum atomic E-state index is -0.0551. The molecule has 2 amide bonds. The lowest BCUT2D eigenvalue weighted by Crippen LogP contribution is -2.45. The van der Waals surface area contributed by atoms with Gasteiger partial charge in [0.15, 0.2) is 0 Å². The van der Waals surface area contributed by atoms with E-state index in [4.69, 9.17) is 0 Å². The molecule has 5 heteroatoms. The number of likely N-dealkylation sites (N-methyl/N-ethyl adjacent to an activating group) is 1. The first kappa shape index (κ1) is 16.5. The van der Waals surface area contributed by atoms with Crippen molar-refractivity contribution < 1.29 is 9.59 Å². The summed E-state index contributed by atoms with van der Waals surface area (Å²) >= 11 is 0. The third-order valence-electron chi connectivity index (χ3n) is 4.00. The van der Waals surface area contributed by atoms with Crippen LogP contribution in [0.1, 0.15) is 18.9 Å². The molecule has 0 unspecified atom stereocenters. The first-order valence-corrected chi connectivity index (χ1v) is 7.77. The zero-order valence-electron chi connectivity index (χ0n) is 13.7. The highest BCUT2D eigenvalue weighted by atomic mass is 16.2. The van der Waals surface area contributed by atoms with E-state index in [2.05, 4.69) is 6.07 Å². The second-order valence-electron chi connectivity index (χ2n) is 6.02. The molecular weight excluding hydrogens is 278 g/mol. The number of hydrogen-bond acceptors (Lipinski definition) is 3. The number of para-hydroxylation sites is 1. The Kier molecular flexibility index (Phi) is 5.55. The number of hydrogen-bond donors (Lipinski definition) is 0. The number of carbonyl (C=O) groups excluding carboxylic acids is 2. The molecule has 0 spiro atoms. The molecule has 1 aromatic carbocycles. The summed E-state index contributed by atoms with van der Waals surface area (Å²) in [5.41, 5.74) is 2.21. The van der Waals surface area contributed by atoms with E-state index in [9.17, 15) is 9.59 Å². The number of benzene rings is 1. The summed E-state index contributed by atoms with van der Waals surface area (Å²) in [6.45, 7) is 3.73. The molecule has 0 radical (unpaired) electrons. The van der Waals surface area contributed by atoms with Gasteiger partial charge < -0.3 is 14.7 Å². The molecule has 1 aromatic rings. The van der Waals surface area contributed by atoms with Gasteiger partial charge in [0.1, 0.15) is 6.54 Å². The van der Waals surface area contributed by atoms with Crippen molar-refractivity contribution in [3.8, 4) is 0 Å². The van der Waals surface area contributed by atoms with Crippen molar-refractivity contribution in [1.82, 2.24) is 9.80 Å². The molecule has 120 valence electrons. The van der Waals surface area contributed by atoms with Crippen molar-refractivity contribution in [2.75, 3.05) is 45.2 Å². The molecule has 22 heavy (non-hydrogen) atoms. The lowest BCUT2D eigenvalue weighted by molar-refractivity contribution is -0.133. The maximum atomic E-state index is 12.6. The Balaban J connectivity index is 2.06. The number of anilines is 1. The van der Waals surface area contributed by atoms with Crippen LogP contribution in [0, 0.1) is 0 Å². The van der Waals surface area contributed by atoms with Crippen LogP contribution in [0.4, 0.5) is 5.69 Å². The Labute approximate surface area is 132 Å². The van der Waals surface area contributed by atoms with Crippen LogP contribution in [0.2, 0.25) is 0 Å². The molecular formula is C17H25N3O2. The molecule has 0 fully saturated rings. The smallest absolute Gasteiger partial charge is 0.246 e. The molecule has 5 nitrogen and oxygen atoms in total. The van der Waals surface area contributed by atoms with E-state index >= 15 is 0 Å². The molecule has 0 saturated heterocycles. The number of fused-ring (bicyclic) bond motifs is 1. The van der Waals surface area contributed by atoms with Crippen LogP contribution in [-0.2, 0) is 16.0 Å². The van der Waals surface area contributed by atoms with Crippen molar-refractivity contribution in [3.63, 3.8) is 0 Å².